The molecule has 0 aliphatic heterocycles. The van der Waals surface area contributed by atoms with E-state index in [1.807, 2.05) is 13.8 Å². The molecule has 1 aromatic rings. The van der Waals surface area contributed by atoms with Gasteiger partial charge in [-0.25, -0.2) is 4.98 Å². The maximum absolute atomic E-state index is 5.16. The first-order chi connectivity index (χ1) is 6.69. The molecular weight excluding hydrogens is 182 g/mol. The Labute approximate surface area is 83.4 Å². The maximum Gasteiger partial charge on any atom is 0.221 e. The van der Waals surface area contributed by atoms with Gasteiger partial charge in [-0.3, -0.25) is 0 Å². The van der Waals surface area contributed by atoms with Gasteiger partial charge < -0.3 is 9.57 Å². The van der Waals surface area contributed by atoms with E-state index in [0.717, 1.165) is 11.3 Å². The fourth-order valence-electron chi connectivity index (χ4n) is 1.22. The summed E-state index contributed by atoms with van der Waals surface area (Å²) in [7, 11) is 3.16. The second-order valence-electron chi connectivity index (χ2n) is 2.87. The summed E-state index contributed by atoms with van der Waals surface area (Å²) in [6, 6.07) is 0. The quantitative estimate of drug-likeness (QED) is 0.722. The summed E-state index contributed by atoms with van der Waals surface area (Å²) in [6.45, 7) is 4.29. The van der Waals surface area contributed by atoms with Crippen molar-refractivity contribution in [3.05, 3.63) is 17.1 Å². The number of methoxy groups -OCH3 is 1. The number of hydrogen-bond donors (Lipinski definition) is 1. The molecule has 1 aromatic heterocycles. The predicted molar refractivity (Wildman–Crippen MR) is 51.9 cm³/mol. The zero-order valence-corrected chi connectivity index (χ0v) is 8.92. The van der Waals surface area contributed by atoms with Crippen molar-refractivity contribution in [2.24, 2.45) is 0 Å². The first-order valence-corrected chi connectivity index (χ1v) is 4.33. The van der Waals surface area contributed by atoms with Gasteiger partial charge in [0.15, 0.2) is 0 Å². The Morgan fingerprint density at radius 2 is 1.93 bits per heavy atom. The van der Waals surface area contributed by atoms with E-state index in [-0.39, 0.29) is 0 Å². The van der Waals surface area contributed by atoms with Crippen LogP contribution in [0.15, 0.2) is 0 Å². The van der Waals surface area contributed by atoms with Crippen molar-refractivity contribution >= 4 is 0 Å². The lowest BCUT2D eigenvalue weighted by Gasteiger charge is -2.10. The molecule has 1 rings (SSSR count). The van der Waals surface area contributed by atoms with E-state index in [0.29, 0.717) is 18.2 Å². The third-order valence-corrected chi connectivity index (χ3v) is 1.87. The van der Waals surface area contributed by atoms with E-state index >= 15 is 0 Å². The zero-order valence-electron chi connectivity index (χ0n) is 8.92. The van der Waals surface area contributed by atoms with Gasteiger partial charge in [-0.15, -0.1) is 0 Å². The van der Waals surface area contributed by atoms with Crippen molar-refractivity contribution < 1.29 is 9.57 Å². The van der Waals surface area contributed by atoms with Gasteiger partial charge in [-0.2, -0.15) is 10.5 Å². The molecule has 0 atom stereocenters. The highest BCUT2D eigenvalue weighted by Gasteiger charge is 2.09. The highest BCUT2D eigenvalue weighted by atomic mass is 16.6. The average molecular weight is 197 g/mol. The molecule has 0 spiro atoms. The molecule has 78 valence electrons. The van der Waals surface area contributed by atoms with Crippen LogP contribution in [0.1, 0.15) is 17.1 Å². The summed E-state index contributed by atoms with van der Waals surface area (Å²) < 4.78 is 5.16. The minimum absolute atomic E-state index is 0.534. The molecule has 0 saturated carbocycles. The van der Waals surface area contributed by atoms with E-state index in [2.05, 4.69) is 15.4 Å². The molecule has 5 nitrogen and oxygen atoms in total. The number of nitrogens with one attached hydrogen (secondary N) is 1. The van der Waals surface area contributed by atoms with Gasteiger partial charge in [0.25, 0.3) is 0 Å². The third-order valence-electron chi connectivity index (χ3n) is 1.87. The molecule has 0 radical (unpaired) electrons. The monoisotopic (exact) mass is 197 g/mol. The molecule has 0 saturated heterocycles. The van der Waals surface area contributed by atoms with Crippen LogP contribution in [0.2, 0.25) is 0 Å². The SMILES string of the molecule is CONCc1c(C)nc(C)nc1OC. The molecule has 0 unspecified atom stereocenters. The Kier molecular flexibility index (Phi) is 3.79. The van der Waals surface area contributed by atoms with Crippen molar-refractivity contribution in [3.8, 4) is 5.88 Å². The minimum atomic E-state index is 0.534. The molecule has 0 aromatic carbocycles. The molecule has 0 aliphatic carbocycles. The Balaban J connectivity index is 2.99. The van der Waals surface area contributed by atoms with Crippen LogP contribution >= 0.6 is 0 Å². The van der Waals surface area contributed by atoms with Crippen molar-refractivity contribution in [1.82, 2.24) is 15.4 Å². The van der Waals surface area contributed by atoms with Gasteiger partial charge in [0.2, 0.25) is 5.88 Å². The van der Waals surface area contributed by atoms with E-state index < -0.39 is 0 Å². The molecule has 1 heterocycles. The lowest BCUT2D eigenvalue weighted by atomic mass is 10.2. The van der Waals surface area contributed by atoms with Crippen molar-refractivity contribution in [2.45, 2.75) is 20.4 Å². The molecule has 14 heavy (non-hydrogen) atoms. The number of nitrogens with zero attached hydrogens (tertiary/aromatic N) is 2. The molecule has 1 N–H and O–H groups in total. The van der Waals surface area contributed by atoms with Gasteiger partial charge >= 0.3 is 0 Å². The molecule has 0 aliphatic rings. The van der Waals surface area contributed by atoms with Crippen LogP contribution < -0.4 is 10.2 Å². The van der Waals surface area contributed by atoms with Crippen LogP contribution in [0.25, 0.3) is 0 Å². The van der Waals surface area contributed by atoms with Gasteiger partial charge in [0, 0.05) is 5.69 Å². The predicted octanol–water partition coefficient (Wildman–Crippen LogP) is 0.753. The number of ether oxygens (including phenoxy) is 1. The smallest absolute Gasteiger partial charge is 0.221 e. The largest absolute Gasteiger partial charge is 0.481 e. The first-order valence-electron chi connectivity index (χ1n) is 4.33. The number of aromatic nitrogens is 2. The Bertz CT molecular complexity index is 315. The maximum atomic E-state index is 5.16. The van der Waals surface area contributed by atoms with Crippen LogP contribution in [0, 0.1) is 13.8 Å². The van der Waals surface area contributed by atoms with Crippen molar-refractivity contribution in [2.75, 3.05) is 14.2 Å². The van der Waals surface area contributed by atoms with Crippen LogP contribution in [-0.2, 0) is 11.4 Å². The fraction of sp³-hybridized carbons (Fsp3) is 0.556. The summed E-state index contributed by atoms with van der Waals surface area (Å²) >= 11 is 0. The van der Waals surface area contributed by atoms with E-state index in [9.17, 15) is 0 Å². The summed E-state index contributed by atoms with van der Waals surface area (Å²) in [5.41, 5.74) is 4.56. The van der Waals surface area contributed by atoms with E-state index in [1.165, 1.54) is 0 Å². The summed E-state index contributed by atoms with van der Waals surface area (Å²) in [6.07, 6.45) is 0. The number of rotatable bonds is 4. The van der Waals surface area contributed by atoms with Crippen LogP contribution in [0.4, 0.5) is 0 Å². The topological polar surface area (TPSA) is 56.3 Å². The second-order valence-corrected chi connectivity index (χ2v) is 2.87. The Morgan fingerprint density at radius 1 is 1.21 bits per heavy atom. The van der Waals surface area contributed by atoms with Gasteiger partial charge in [-0.05, 0) is 13.8 Å². The average Bonchev–Trinajstić information content (AvgIpc) is 2.15. The number of aryl methyl sites for hydroxylation is 2. The Morgan fingerprint density at radius 3 is 2.50 bits per heavy atom. The normalized spacial score (nSPS) is 10.3. The standard InChI is InChI=1S/C9H15N3O2/c1-6-8(5-10-14-4)9(13-3)12-7(2)11-6/h10H,5H2,1-4H3. The van der Waals surface area contributed by atoms with Crippen LogP contribution in [0.3, 0.4) is 0 Å². The molecule has 5 heteroatoms. The van der Waals surface area contributed by atoms with Gasteiger partial charge in [-0.1, -0.05) is 0 Å². The lowest BCUT2D eigenvalue weighted by Crippen LogP contribution is -2.14. The van der Waals surface area contributed by atoms with Gasteiger partial charge in [0.05, 0.1) is 26.3 Å². The minimum Gasteiger partial charge on any atom is -0.481 e. The second kappa shape index (κ2) is 4.88. The molecular formula is C9H15N3O2. The number of hydroxylamine groups is 1. The third kappa shape index (κ3) is 2.40. The van der Waals surface area contributed by atoms with Gasteiger partial charge in [0.1, 0.15) is 5.82 Å². The summed E-state index contributed by atoms with van der Waals surface area (Å²) in [5.74, 6) is 1.31. The van der Waals surface area contributed by atoms with Crippen molar-refractivity contribution in [1.29, 1.82) is 0 Å². The van der Waals surface area contributed by atoms with Crippen LogP contribution in [-0.4, -0.2) is 24.2 Å². The highest BCUT2D eigenvalue weighted by Crippen LogP contribution is 2.17. The van der Waals surface area contributed by atoms with Crippen LogP contribution in [0.5, 0.6) is 5.88 Å². The summed E-state index contributed by atoms with van der Waals surface area (Å²) in [4.78, 5) is 13.2. The molecule has 0 bridgehead atoms. The first kappa shape index (κ1) is 10.9. The lowest BCUT2D eigenvalue weighted by molar-refractivity contribution is 0.0857. The zero-order chi connectivity index (χ0) is 10.6. The van der Waals surface area contributed by atoms with E-state index in [1.54, 1.807) is 14.2 Å². The van der Waals surface area contributed by atoms with Crippen molar-refractivity contribution in [3.63, 3.8) is 0 Å². The number of hydrogen-bond acceptors (Lipinski definition) is 5. The molecule has 0 amide bonds. The summed E-state index contributed by atoms with van der Waals surface area (Å²) in [5, 5.41) is 0. The fourth-order valence-corrected chi connectivity index (χ4v) is 1.22. The molecule has 0 fully saturated rings. The van der Waals surface area contributed by atoms with E-state index in [4.69, 9.17) is 9.57 Å². The highest BCUT2D eigenvalue weighted by molar-refractivity contribution is 5.29. The Hall–Kier alpha value is -1.20.